The van der Waals surface area contributed by atoms with Crippen LogP contribution in [0.4, 0.5) is 0 Å². The molecule has 0 aliphatic carbocycles. The molecule has 25 heavy (non-hydrogen) atoms. The zero-order valence-electron chi connectivity index (χ0n) is 14.9. The van der Waals surface area contributed by atoms with Crippen LogP contribution in [0.3, 0.4) is 0 Å². The standard InChI is InChI=1S/C20H26N2O3/c1-14(2)19-16(7-5-11-25-19)12-21-18(23)13-22-10-9-15-6-3-4-8-17(15)20(22)24/h3-4,6,8-10,14,16,19H,5,7,11-13H2,1-2H3,(H,21,23)/t16-,19+/m1/s1. The molecule has 134 valence electrons. The summed E-state index contributed by atoms with van der Waals surface area (Å²) in [6.07, 6.45) is 3.98. The zero-order chi connectivity index (χ0) is 17.8. The summed E-state index contributed by atoms with van der Waals surface area (Å²) >= 11 is 0. The van der Waals surface area contributed by atoms with Crippen molar-refractivity contribution >= 4 is 16.7 Å². The highest BCUT2D eigenvalue weighted by Gasteiger charge is 2.28. The van der Waals surface area contributed by atoms with E-state index in [0.717, 1.165) is 24.8 Å². The molecule has 2 atom stereocenters. The van der Waals surface area contributed by atoms with E-state index in [1.165, 1.54) is 4.57 Å². The number of hydrogen-bond donors (Lipinski definition) is 1. The number of nitrogens with one attached hydrogen (secondary N) is 1. The van der Waals surface area contributed by atoms with Crippen molar-refractivity contribution in [2.24, 2.45) is 11.8 Å². The van der Waals surface area contributed by atoms with Gasteiger partial charge >= 0.3 is 0 Å². The van der Waals surface area contributed by atoms with Crippen LogP contribution in [0.15, 0.2) is 41.3 Å². The van der Waals surface area contributed by atoms with Gasteiger partial charge in [-0.2, -0.15) is 0 Å². The van der Waals surface area contributed by atoms with Crippen molar-refractivity contribution in [2.45, 2.75) is 39.3 Å². The van der Waals surface area contributed by atoms with Gasteiger partial charge in [0.2, 0.25) is 5.91 Å². The average molecular weight is 342 g/mol. The van der Waals surface area contributed by atoms with Crippen LogP contribution in [0, 0.1) is 11.8 Å². The summed E-state index contributed by atoms with van der Waals surface area (Å²) in [4.78, 5) is 24.8. The molecular formula is C20H26N2O3. The van der Waals surface area contributed by atoms with E-state index in [-0.39, 0.29) is 24.1 Å². The van der Waals surface area contributed by atoms with Crippen LogP contribution in [-0.2, 0) is 16.1 Å². The largest absolute Gasteiger partial charge is 0.378 e. The van der Waals surface area contributed by atoms with E-state index < -0.39 is 0 Å². The van der Waals surface area contributed by atoms with Crippen LogP contribution >= 0.6 is 0 Å². The maximum atomic E-state index is 12.5. The number of carbonyl (C=O) groups is 1. The Bertz CT molecular complexity index is 797. The number of rotatable bonds is 5. The highest BCUT2D eigenvalue weighted by molar-refractivity contribution is 5.82. The molecule has 3 rings (SSSR count). The molecule has 1 aliphatic heterocycles. The van der Waals surface area contributed by atoms with E-state index >= 15 is 0 Å². The maximum Gasteiger partial charge on any atom is 0.258 e. The summed E-state index contributed by atoms with van der Waals surface area (Å²) in [5, 5.41) is 4.51. The van der Waals surface area contributed by atoms with Crippen molar-refractivity contribution in [1.82, 2.24) is 9.88 Å². The Labute approximate surface area is 148 Å². The number of nitrogens with zero attached hydrogens (tertiary/aromatic N) is 1. The molecular weight excluding hydrogens is 316 g/mol. The van der Waals surface area contributed by atoms with Crippen molar-refractivity contribution in [1.29, 1.82) is 0 Å². The van der Waals surface area contributed by atoms with Crippen LogP contribution in [-0.4, -0.2) is 29.7 Å². The average Bonchev–Trinajstić information content (AvgIpc) is 2.63. The second kappa shape index (κ2) is 7.83. The minimum absolute atomic E-state index is 0.0452. The number of aromatic nitrogens is 1. The van der Waals surface area contributed by atoms with Crippen LogP contribution in [0.25, 0.3) is 10.8 Å². The lowest BCUT2D eigenvalue weighted by Gasteiger charge is -2.34. The molecule has 1 amide bonds. The SMILES string of the molecule is CC(C)[C@@H]1OCCC[C@@H]1CNC(=O)Cn1ccc2ccccc2c1=O. The Morgan fingerprint density at radius 1 is 1.32 bits per heavy atom. The van der Waals surface area contributed by atoms with Crippen molar-refractivity contribution < 1.29 is 9.53 Å². The van der Waals surface area contributed by atoms with Crippen LogP contribution < -0.4 is 10.9 Å². The Kier molecular flexibility index (Phi) is 5.53. The Morgan fingerprint density at radius 2 is 2.12 bits per heavy atom. The topological polar surface area (TPSA) is 60.3 Å². The molecule has 2 heterocycles. The molecule has 1 aromatic heterocycles. The minimum Gasteiger partial charge on any atom is -0.378 e. The first-order chi connectivity index (χ1) is 12.1. The number of benzene rings is 1. The summed E-state index contributed by atoms with van der Waals surface area (Å²) in [6, 6.07) is 9.29. The van der Waals surface area contributed by atoms with E-state index in [2.05, 4.69) is 19.2 Å². The molecule has 0 saturated carbocycles. The van der Waals surface area contributed by atoms with Crippen LogP contribution in [0.5, 0.6) is 0 Å². The van der Waals surface area contributed by atoms with Crippen LogP contribution in [0.2, 0.25) is 0 Å². The first-order valence-corrected chi connectivity index (χ1v) is 9.02. The molecule has 0 unspecified atom stereocenters. The molecule has 0 bridgehead atoms. The number of carbonyl (C=O) groups excluding carboxylic acids is 1. The molecule has 1 aromatic carbocycles. The molecule has 1 fully saturated rings. The number of ether oxygens (including phenoxy) is 1. The summed E-state index contributed by atoms with van der Waals surface area (Å²) in [5.41, 5.74) is -0.130. The van der Waals surface area contributed by atoms with Crippen molar-refractivity contribution in [3.63, 3.8) is 0 Å². The third-order valence-electron chi connectivity index (χ3n) is 4.91. The molecule has 0 spiro atoms. The van der Waals surface area contributed by atoms with Gasteiger partial charge in [-0.05, 0) is 36.3 Å². The highest BCUT2D eigenvalue weighted by Crippen LogP contribution is 2.25. The lowest BCUT2D eigenvalue weighted by atomic mass is 9.87. The van der Waals surface area contributed by atoms with Gasteiger partial charge in [-0.1, -0.05) is 32.0 Å². The zero-order valence-corrected chi connectivity index (χ0v) is 14.9. The molecule has 5 nitrogen and oxygen atoms in total. The van der Waals surface area contributed by atoms with Crippen molar-refractivity contribution in [3.05, 3.63) is 46.9 Å². The summed E-state index contributed by atoms with van der Waals surface area (Å²) < 4.78 is 7.33. The van der Waals surface area contributed by atoms with Gasteiger partial charge in [0.15, 0.2) is 0 Å². The van der Waals surface area contributed by atoms with E-state index in [0.29, 0.717) is 23.8 Å². The molecule has 1 N–H and O–H groups in total. The van der Waals surface area contributed by atoms with Crippen molar-refractivity contribution in [2.75, 3.05) is 13.2 Å². The molecule has 2 aromatic rings. The molecule has 1 aliphatic rings. The fourth-order valence-corrected chi connectivity index (χ4v) is 3.63. The van der Waals surface area contributed by atoms with E-state index in [4.69, 9.17) is 4.74 Å². The number of fused-ring (bicyclic) bond motifs is 1. The van der Waals surface area contributed by atoms with Gasteiger partial charge in [-0.25, -0.2) is 0 Å². The lowest BCUT2D eigenvalue weighted by molar-refractivity contribution is -0.122. The van der Waals surface area contributed by atoms with Gasteiger partial charge in [0.25, 0.3) is 5.56 Å². The van der Waals surface area contributed by atoms with Gasteiger partial charge in [-0.15, -0.1) is 0 Å². The van der Waals surface area contributed by atoms with Crippen molar-refractivity contribution in [3.8, 4) is 0 Å². The van der Waals surface area contributed by atoms with Gasteiger partial charge in [-0.3, -0.25) is 9.59 Å². The van der Waals surface area contributed by atoms with Gasteiger partial charge in [0, 0.05) is 30.7 Å². The number of pyridine rings is 1. The number of amides is 1. The third kappa shape index (κ3) is 4.10. The summed E-state index contributed by atoms with van der Waals surface area (Å²) in [5.74, 6) is 0.641. The van der Waals surface area contributed by atoms with Crippen LogP contribution in [0.1, 0.15) is 26.7 Å². The van der Waals surface area contributed by atoms with E-state index in [9.17, 15) is 9.59 Å². The van der Waals surface area contributed by atoms with Gasteiger partial charge < -0.3 is 14.6 Å². The fraction of sp³-hybridized carbons (Fsp3) is 0.500. The third-order valence-corrected chi connectivity index (χ3v) is 4.91. The fourth-order valence-electron chi connectivity index (χ4n) is 3.63. The normalized spacial score (nSPS) is 20.8. The van der Waals surface area contributed by atoms with E-state index in [1.54, 1.807) is 12.3 Å². The minimum atomic E-state index is -0.134. The first-order valence-electron chi connectivity index (χ1n) is 9.02. The predicted molar refractivity (Wildman–Crippen MR) is 98.5 cm³/mol. The predicted octanol–water partition coefficient (Wildman–Crippen LogP) is 2.57. The second-order valence-electron chi connectivity index (χ2n) is 7.12. The second-order valence-corrected chi connectivity index (χ2v) is 7.12. The number of hydrogen-bond acceptors (Lipinski definition) is 3. The molecule has 1 saturated heterocycles. The summed E-state index contributed by atoms with van der Waals surface area (Å²) in [7, 11) is 0. The first kappa shape index (κ1) is 17.7. The highest BCUT2D eigenvalue weighted by atomic mass is 16.5. The maximum absolute atomic E-state index is 12.5. The lowest BCUT2D eigenvalue weighted by Crippen LogP contribution is -2.42. The Hall–Kier alpha value is -2.14. The summed E-state index contributed by atoms with van der Waals surface area (Å²) in [6.45, 7) is 5.76. The quantitative estimate of drug-likeness (QED) is 0.908. The van der Waals surface area contributed by atoms with E-state index in [1.807, 2.05) is 24.3 Å². The monoisotopic (exact) mass is 342 g/mol. The molecule has 5 heteroatoms. The smallest absolute Gasteiger partial charge is 0.258 e. The Morgan fingerprint density at radius 3 is 2.92 bits per heavy atom. The Balaban J connectivity index is 1.63. The van der Waals surface area contributed by atoms with Gasteiger partial charge in [0.1, 0.15) is 6.54 Å². The van der Waals surface area contributed by atoms with Gasteiger partial charge in [0.05, 0.1) is 6.10 Å². The molecule has 0 radical (unpaired) electrons.